The zero-order valence-corrected chi connectivity index (χ0v) is 12.7. The molecule has 0 spiro atoms. The molecule has 0 aromatic rings. The van der Waals surface area contributed by atoms with Gasteiger partial charge in [-0.25, -0.2) is 0 Å². The van der Waals surface area contributed by atoms with Crippen molar-refractivity contribution >= 4 is 11.9 Å². The van der Waals surface area contributed by atoms with Gasteiger partial charge < -0.3 is 14.7 Å². The van der Waals surface area contributed by atoms with E-state index in [9.17, 15) is 9.59 Å². The smallest absolute Gasteiger partial charge is 0.307 e. The number of hydrogen-bond acceptors (Lipinski definition) is 4. The maximum Gasteiger partial charge on any atom is 0.307 e. The summed E-state index contributed by atoms with van der Waals surface area (Å²) in [5.41, 5.74) is 0. The number of nitrogens with zero attached hydrogens (tertiary/aromatic N) is 2. The molecule has 0 bridgehead atoms. The van der Waals surface area contributed by atoms with Crippen molar-refractivity contribution in [3.8, 4) is 0 Å². The monoisotopic (exact) mass is 286 g/mol. The minimum atomic E-state index is -0.822. The number of carbonyl (C=O) groups is 2. The Labute approximate surface area is 120 Å². The maximum absolute atomic E-state index is 12.3. The summed E-state index contributed by atoms with van der Waals surface area (Å²) in [6, 6.07) is 0.196. The predicted octanol–water partition coefficient (Wildman–Crippen LogP) is 0.666. The van der Waals surface area contributed by atoms with Gasteiger partial charge in [0, 0.05) is 25.7 Å². The van der Waals surface area contributed by atoms with Crippen LogP contribution in [0.15, 0.2) is 0 Å². The molecule has 1 fully saturated rings. The van der Waals surface area contributed by atoms with E-state index in [2.05, 4.69) is 0 Å². The van der Waals surface area contributed by atoms with Crippen molar-refractivity contribution in [2.24, 2.45) is 5.92 Å². The molecule has 1 heterocycles. The highest BCUT2D eigenvalue weighted by Gasteiger charge is 2.24. The first-order chi connectivity index (χ1) is 9.45. The first-order valence-electron chi connectivity index (χ1n) is 7.28. The second-order valence-electron chi connectivity index (χ2n) is 5.42. The number of rotatable bonds is 7. The SMILES string of the molecule is CCC(C)N(CC(=O)N1CCOCC1)CC(C)C(=O)O. The molecule has 1 aliphatic rings. The van der Waals surface area contributed by atoms with E-state index in [0.717, 1.165) is 6.42 Å². The molecule has 1 saturated heterocycles. The number of ether oxygens (including phenoxy) is 1. The van der Waals surface area contributed by atoms with E-state index in [1.807, 2.05) is 18.7 Å². The second kappa shape index (κ2) is 8.21. The number of aliphatic carboxylic acids is 1. The Hall–Kier alpha value is -1.14. The summed E-state index contributed by atoms with van der Waals surface area (Å²) < 4.78 is 5.23. The van der Waals surface area contributed by atoms with E-state index >= 15 is 0 Å². The Kier molecular flexibility index (Phi) is 6.95. The molecule has 0 aliphatic carbocycles. The Balaban J connectivity index is 2.58. The summed E-state index contributed by atoms with van der Waals surface area (Å²) >= 11 is 0. The largest absolute Gasteiger partial charge is 0.481 e. The van der Waals surface area contributed by atoms with E-state index in [1.54, 1.807) is 11.8 Å². The molecule has 1 rings (SSSR count). The highest BCUT2D eigenvalue weighted by molar-refractivity contribution is 5.78. The number of hydrogen-bond donors (Lipinski definition) is 1. The third-order valence-corrected chi connectivity index (χ3v) is 3.85. The third-order valence-electron chi connectivity index (χ3n) is 3.85. The molecule has 6 heteroatoms. The number of amides is 1. The minimum absolute atomic E-state index is 0.0613. The van der Waals surface area contributed by atoms with Crippen LogP contribution < -0.4 is 0 Å². The van der Waals surface area contributed by atoms with Gasteiger partial charge in [-0.2, -0.15) is 0 Å². The number of carboxylic acids is 1. The first kappa shape index (κ1) is 16.9. The summed E-state index contributed by atoms with van der Waals surface area (Å²) in [6.07, 6.45) is 0.892. The third kappa shape index (κ3) is 5.09. The van der Waals surface area contributed by atoms with E-state index in [1.165, 1.54) is 0 Å². The van der Waals surface area contributed by atoms with Crippen molar-refractivity contribution in [2.75, 3.05) is 39.4 Å². The molecule has 0 aromatic heterocycles. The first-order valence-corrected chi connectivity index (χ1v) is 7.28. The Morgan fingerprint density at radius 3 is 2.40 bits per heavy atom. The summed E-state index contributed by atoms with van der Waals surface area (Å²) in [5, 5.41) is 9.03. The molecule has 116 valence electrons. The van der Waals surface area contributed by atoms with Gasteiger partial charge in [-0.15, -0.1) is 0 Å². The zero-order valence-electron chi connectivity index (χ0n) is 12.7. The molecule has 2 atom stereocenters. The highest BCUT2D eigenvalue weighted by Crippen LogP contribution is 2.09. The van der Waals surface area contributed by atoms with Gasteiger partial charge in [0.2, 0.25) is 5.91 Å². The lowest BCUT2D eigenvalue weighted by atomic mass is 10.1. The van der Waals surface area contributed by atoms with Crippen molar-refractivity contribution < 1.29 is 19.4 Å². The van der Waals surface area contributed by atoms with Crippen LogP contribution in [0, 0.1) is 5.92 Å². The average molecular weight is 286 g/mol. The van der Waals surface area contributed by atoms with Crippen molar-refractivity contribution in [1.29, 1.82) is 0 Å². The fourth-order valence-electron chi connectivity index (χ4n) is 2.17. The van der Waals surface area contributed by atoms with Crippen LogP contribution in [0.1, 0.15) is 27.2 Å². The standard InChI is InChI=1S/C14H26N2O4/c1-4-12(3)16(9-11(2)14(18)19)10-13(17)15-5-7-20-8-6-15/h11-12H,4-10H2,1-3H3,(H,18,19). The quantitative estimate of drug-likeness (QED) is 0.745. The molecule has 2 unspecified atom stereocenters. The topological polar surface area (TPSA) is 70.1 Å². The van der Waals surface area contributed by atoms with Crippen LogP contribution in [0.3, 0.4) is 0 Å². The average Bonchev–Trinajstić information content (AvgIpc) is 2.46. The molecule has 6 nitrogen and oxygen atoms in total. The molecule has 0 saturated carbocycles. The fraction of sp³-hybridized carbons (Fsp3) is 0.857. The predicted molar refractivity (Wildman–Crippen MR) is 75.5 cm³/mol. The lowest BCUT2D eigenvalue weighted by Crippen LogP contribution is -2.48. The van der Waals surface area contributed by atoms with Gasteiger partial charge >= 0.3 is 5.97 Å². The van der Waals surface area contributed by atoms with E-state index in [-0.39, 0.29) is 18.5 Å². The van der Waals surface area contributed by atoms with E-state index < -0.39 is 11.9 Å². The van der Waals surface area contributed by atoms with Gasteiger partial charge in [0.15, 0.2) is 0 Å². The van der Waals surface area contributed by atoms with E-state index in [4.69, 9.17) is 9.84 Å². The zero-order chi connectivity index (χ0) is 15.1. The van der Waals surface area contributed by atoms with Crippen LogP contribution >= 0.6 is 0 Å². The van der Waals surface area contributed by atoms with Gasteiger partial charge in [0.05, 0.1) is 25.7 Å². The molecule has 0 aromatic carbocycles. The molecule has 1 N–H and O–H groups in total. The minimum Gasteiger partial charge on any atom is -0.481 e. The van der Waals surface area contributed by atoms with Crippen LogP contribution in [0.2, 0.25) is 0 Å². The highest BCUT2D eigenvalue weighted by atomic mass is 16.5. The summed E-state index contributed by atoms with van der Waals surface area (Å²) in [6.45, 7) is 8.86. The molecular formula is C14H26N2O4. The number of morpholine rings is 1. The molecule has 20 heavy (non-hydrogen) atoms. The van der Waals surface area contributed by atoms with Gasteiger partial charge in [0.25, 0.3) is 0 Å². The van der Waals surface area contributed by atoms with Gasteiger partial charge in [-0.3, -0.25) is 14.5 Å². The molecule has 1 aliphatic heterocycles. The fourth-order valence-corrected chi connectivity index (χ4v) is 2.17. The van der Waals surface area contributed by atoms with Crippen molar-refractivity contribution in [1.82, 2.24) is 9.80 Å². The summed E-state index contributed by atoms with van der Waals surface area (Å²) in [4.78, 5) is 27.0. The van der Waals surface area contributed by atoms with Gasteiger partial charge in [0.1, 0.15) is 0 Å². The van der Waals surface area contributed by atoms with Crippen LogP contribution in [0.4, 0.5) is 0 Å². The van der Waals surface area contributed by atoms with Crippen LogP contribution in [-0.2, 0) is 14.3 Å². The Bertz CT molecular complexity index is 329. The molecular weight excluding hydrogens is 260 g/mol. The van der Waals surface area contributed by atoms with Crippen molar-refractivity contribution in [2.45, 2.75) is 33.2 Å². The number of carboxylic acid groups (broad SMARTS) is 1. The molecule has 0 radical (unpaired) electrons. The summed E-state index contributed by atoms with van der Waals surface area (Å²) in [5.74, 6) is -1.23. The van der Waals surface area contributed by atoms with Gasteiger partial charge in [-0.1, -0.05) is 13.8 Å². The lowest BCUT2D eigenvalue weighted by Gasteiger charge is -2.33. The van der Waals surface area contributed by atoms with Crippen molar-refractivity contribution in [3.05, 3.63) is 0 Å². The Morgan fingerprint density at radius 2 is 1.90 bits per heavy atom. The normalized spacial score (nSPS) is 18.9. The molecule has 1 amide bonds. The summed E-state index contributed by atoms with van der Waals surface area (Å²) in [7, 11) is 0. The van der Waals surface area contributed by atoms with Crippen LogP contribution in [0.5, 0.6) is 0 Å². The second-order valence-corrected chi connectivity index (χ2v) is 5.42. The van der Waals surface area contributed by atoms with E-state index in [0.29, 0.717) is 32.8 Å². The lowest BCUT2D eigenvalue weighted by molar-refractivity contribution is -0.143. The van der Waals surface area contributed by atoms with Crippen LogP contribution in [-0.4, -0.2) is 72.2 Å². The van der Waals surface area contributed by atoms with Crippen molar-refractivity contribution in [3.63, 3.8) is 0 Å². The maximum atomic E-state index is 12.3. The van der Waals surface area contributed by atoms with Crippen LogP contribution in [0.25, 0.3) is 0 Å². The Morgan fingerprint density at radius 1 is 1.30 bits per heavy atom. The number of carbonyl (C=O) groups excluding carboxylic acids is 1. The van der Waals surface area contributed by atoms with Gasteiger partial charge in [-0.05, 0) is 13.3 Å².